The Morgan fingerprint density at radius 1 is 1.20 bits per heavy atom. The molecule has 0 saturated carbocycles. The summed E-state index contributed by atoms with van der Waals surface area (Å²) in [5.41, 5.74) is 0.896. The Hall–Kier alpha value is -1.96. The van der Waals surface area contributed by atoms with Crippen LogP contribution in [0, 0.1) is 6.92 Å². The Kier molecular flexibility index (Phi) is 5.05. The van der Waals surface area contributed by atoms with Gasteiger partial charge in [0.2, 0.25) is 11.1 Å². The van der Waals surface area contributed by atoms with E-state index in [1.54, 1.807) is 13.2 Å². The van der Waals surface area contributed by atoms with Crippen LogP contribution in [-0.2, 0) is 0 Å². The van der Waals surface area contributed by atoms with Crippen LogP contribution in [0.5, 0.6) is 6.01 Å². The minimum atomic E-state index is 0.307. The molecule has 0 atom stereocenters. The highest BCUT2D eigenvalue weighted by atomic mass is 32.2. The molecule has 0 aliphatic carbocycles. The van der Waals surface area contributed by atoms with Gasteiger partial charge in [-0.15, -0.1) is 0 Å². The van der Waals surface area contributed by atoms with E-state index >= 15 is 0 Å². The SMILES string of the molecule is CCCOc1nc(NC)nc(Sc2nccc(C)n2)n1. The zero-order valence-corrected chi connectivity index (χ0v) is 12.4. The van der Waals surface area contributed by atoms with Crippen LogP contribution in [0.3, 0.4) is 0 Å². The summed E-state index contributed by atoms with van der Waals surface area (Å²) in [7, 11) is 1.75. The van der Waals surface area contributed by atoms with Crippen LogP contribution in [0.4, 0.5) is 5.95 Å². The van der Waals surface area contributed by atoms with Crippen LogP contribution in [-0.4, -0.2) is 38.6 Å². The molecule has 8 heteroatoms. The van der Waals surface area contributed by atoms with Gasteiger partial charge < -0.3 is 10.1 Å². The number of aryl methyl sites for hydroxylation is 1. The van der Waals surface area contributed by atoms with Gasteiger partial charge in [0.1, 0.15) is 0 Å². The summed E-state index contributed by atoms with van der Waals surface area (Å²) in [5, 5.41) is 3.98. The molecule has 2 rings (SSSR count). The van der Waals surface area contributed by atoms with Crippen molar-refractivity contribution >= 4 is 17.7 Å². The average molecular weight is 292 g/mol. The molecule has 0 radical (unpaired) electrons. The predicted octanol–water partition coefficient (Wildman–Crippen LogP) is 1.95. The van der Waals surface area contributed by atoms with Crippen LogP contribution >= 0.6 is 11.8 Å². The lowest BCUT2D eigenvalue weighted by Gasteiger charge is -2.06. The quantitative estimate of drug-likeness (QED) is 0.809. The Morgan fingerprint density at radius 3 is 2.75 bits per heavy atom. The summed E-state index contributed by atoms with van der Waals surface area (Å²) in [6.07, 6.45) is 2.60. The highest BCUT2D eigenvalue weighted by Crippen LogP contribution is 2.23. The number of hydrogen-bond acceptors (Lipinski definition) is 8. The number of hydrogen-bond donors (Lipinski definition) is 1. The van der Waals surface area contributed by atoms with Gasteiger partial charge in [0, 0.05) is 18.9 Å². The fraction of sp³-hybridized carbons (Fsp3) is 0.417. The van der Waals surface area contributed by atoms with Gasteiger partial charge in [-0.2, -0.15) is 15.0 Å². The first-order chi connectivity index (χ1) is 9.71. The number of anilines is 1. The van der Waals surface area contributed by atoms with E-state index < -0.39 is 0 Å². The highest BCUT2D eigenvalue weighted by molar-refractivity contribution is 7.99. The molecule has 0 spiro atoms. The lowest BCUT2D eigenvalue weighted by Crippen LogP contribution is -2.05. The first-order valence-electron chi connectivity index (χ1n) is 6.25. The van der Waals surface area contributed by atoms with Crippen molar-refractivity contribution < 1.29 is 4.74 Å². The second-order valence-electron chi connectivity index (χ2n) is 3.91. The maximum atomic E-state index is 5.44. The zero-order chi connectivity index (χ0) is 14.4. The van der Waals surface area contributed by atoms with Crippen LogP contribution < -0.4 is 10.1 Å². The molecule has 0 aromatic carbocycles. The summed E-state index contributed by atoms with van der Waals surface area (Å²) in [6, 6.07) is 2.15. The molecule has 0 amide bonds. The fourth-order valence-corrected chi connectivity index (χ4v) is 2.03. The number of rotatable bonds is 6. The van der Waals surface area contributed by atoms with E-state index in [9.17, 15) is 0 Å². The molecule has 7 nitrogen and oxygen atoms in total. The van der Waals surface area contributed by atoms with Crippen molar-refractivity contribution in [1.82, 2.24) is 24.9 Å². The van der Waals surface area contributed by atoms with E-state index in [2.05, 4.69) is 30.2 Å². The maximum Gasteiger partial charge on any atom is 0.322 e. The normalized spacial score (nSPS) is 10.3. The van der Waals surface area contributed by atoms with Gasteiger partial charge in [0.15, 0.2) is 5.16 Å². The van der Waals surface area contributed by atoms with E-state index in [1.807, 2.05) is 19.9 Å². The van der Waals surface area contributed by atoms with Crippen LogP contribution in [0.25, 0.3) is 0 Å². The minimum absolute atomic E-state index is 0.307. The Labute approximate surface area is 121 Å². The van der Waals surface area contributed by atoms with Gasteiger partial charge in [-0.05, 0) is 31.2 Å². The molecule has 0 aliphatic rings. The average Bonchev–Trinajstić information content (AvgIpc) is 2.45. The maximum absolute atomic E-state index is 5.44. The largest absolute Gasteiger partial charge is 0.463 e. The van der Waals surface area contributed by atoms with Crippen molar-refractivity contribution in [2.24, 2.45) is 0 Å². The van der Waals surface area contributed by atoms with E-state index in [0.29, 0.717) is 28.9 Å². The van der Waals surface area contributed by atoms with Gasteiger partial charge in [-0.25, -0.2) is 9.97 Å². The lowest BCUT2D eigenvalue weighted by atomic mass is 10.5. The monoisotopic (exact) mass is 292 g/mol. The van der Waals surface area contributed by atoms with Gasteiger partial charge in [0.05, 0.1) is 6.61 Å². The van der Waals surface area contributed by atoms with Crippen molar-refractivity contribution in [2.45, 2.75) is 30.6 Å². The van der Waals surface area contributed by atoms with Gasteiger partial charge in [-0.1, -0.05) is 6.92 Å². The smallest absolute Gasteiger partial charge is 0.322 e. The third kappa shape index (κ3) is 4.02. The van der Waals surface area contributed by atoms with Crippen molar-refractivity contribution in [2.75, 3.05) is 19.0 Å². The molecule has 2 aromatic heterocycles. The zero-order valence-electron chi connectivity index (χ0n) is 11.6. The first-order valence-corrected chi connectivity index (χ1v) is 7.07. The second kappa shape index (κ2) is 6.99. The molecule has 20 heavy (non-hydrogen) atoms. The lowest BCUT2D eigenvalue weighted by molar-refractivity contribution is 0.288. The van der Waals surface area contributed by atoms with Crippen molar-refractivity contribution in [1.29, 1.82) is 0 Å². The molecule has 0 fully saturated rings. The molecular weight excluding hydrogens is 276 g/mol. The third-order valence-corrected chi connectivity index (χ3v) is 2.95. The second-order valence-corrected chi connectivity index (χ2v) is 4.84. The Bertz CT molecular complexity index is 580. The summed E-state index contributed by atoms with van der Waals surface area (Å²) in [6.45, 7) is 4.50. The van der Waals surface area contributed by atoms with Crippen LogP contribution in [0.15, 0.2) is 22.6 Å². The van der Waals surface area contributed by atoms with Gasteiger partial charge in [0.25, 0.3) is 0 Å². The molecule has 0 aliphatic heterocycles. The summed E-state index contributed by atoms with van der Waals surface area (Å²) >= 11 is 1.27. The Balaban J connectivity index is 2.21. The summed E-state index contributed by atoms with van der Waals surface area (Å²) in [4.78, 5) is 21.1. The van der Waals surface area contributed by atoms with Crippen molar-refractivity contribution in [3.63, 3.8) is 0 Å². The molecular formula is C12H16N6OS. The fourth-order valence-electron chi connectivity index (χ4n) is 1.31. The van der Waals surface area contributed by atoms with E-state index in [-0.39, 0.29) is 0 Å². The number of nitrogens with one attached hydrogen (secondary N) is 1. The topological polar surface area (TPSA) is 85.7 Å². The van der Waals surface area contributed by atoms with E-state index in [4.69, 9.17) is 4.74 Å². The van der Waals surface area contributed by atoms with E-state index in [0.717, 1.165) is 12.1 Å². The van der Waals surface area contributed by atoms with Gasteiger partial charge in [-0.3, -0.25) is 0 Å². The molecule has 0 bridgehead atoms. The van der Waals surface area contributed by atoms with E-state index in [1.165, 1.54) is 11.8 Å². The summed E-state index contributed by atoms with van der Waals surface area (Å²) in [5.74, 6) is 0.459. The van der Waals surface area contributed by atoms with Gasteiger partial charge >= 0.3 is 6.01 Å². The first kappa shape index (κ1) is 14.4. The number of ether oxygens (including phenoxy) is 1. The third-order valence-electron chi connectivity index (χ3n) is 2.21. The van der Waals surface area contributed by atoms with Crippen LogP contribution in [0.2, 0.25) is 0 Å². The number of nitrogens with zero attached hydrogens (tertiary/aromatic N) is 5. The molecule has 2 heterocycles. The predicted molar refractivity (Wildman–Crippen MR) is 76.1 cm³/mol. The highest BCUT2D eigenvalue weighted by Gasteiger charge is 2.09. The summed E-state index contributed by atoms with van der Waals surface area (Å²) < 4.78 is 5.44. The molecule has 0 saturated heterocycles. The molecule has 106 valence electrons. The Morgan fingerprint density at radius 2 is 2.05 bits per heavy atom. The standard InChI is InChI=1S/C12H16N6OS/c1-4-7-19-10-16-9(13-3)17-12(18-10)20-11-14-6-5-8(2)15-11/h5-6H,4,7H2,1-3H3,(H,13,16,17,18). The van der Waals surface area contributed by atoms with Crippen molar-refractivity contribution in [3.8, 4) is 6.01 Å². The molecule has 1 N–H and O–H groups in total. The number of aromatic nitrogens is 5. The van der Waals surface area contributed by atoms with Crippen molar-refractivity contribution in [3.05, 3.63) is 18.0 Å². The molecule has 2 aromatic rings. The van der Waals surface area contributed by atoms with Crippen LogP contribution in [0.1, 0.15) is 19.0 Å². The molecule has 0 unspecified atom stereocenters. The minimum Gasteiger partial charge on any atom is -0.463 e.